The number of hydrogen-bond donors (Lipinski definition) is 1. The van der Waals surface area contributed by atoms with Crippen LogP contribution in [0, 0.1) is 11.8 Å². The van der Waals surface area contributed by atoms with Crippen LogP contribution in [0.5, 0.6) is 0 Å². The molecule has 1 saturated heterocycles. The van der Waals surface area contributed by atoms with Crippen molar-refractivity contribution < 1.29 is 5.21 Å². The Morgan fingerprint density at radius 2 is 1.75 bits per heavy atom. The van der Waals surface area contributed by atoms with Gasteiger partial charge in [-0.05, 0) is 51.6 Å². The molecule has 1 N–H and O–H groups in total. The monoisotopic (exact) mass is 222 g/mol. The van der Waals surface area contributed by atoms with Crippen molar-refractivity contribution in [3.05, 3.63) is 0 Å². The van der Waals surface area contributed by atoms with Crippen molar-refractivity contribution >= 4 is 5.71 Å². The van der Waals surface area contributed by atoms with Crippen LogP contribution in [0.15, 0.2) is 5.16 Å². The van der Waals surface area contributed by atoms with Crippen molar-refractivity contribution in [1.29, 1.82) is 0 Å². The van der Waals surface area contributed by atoms with Gasteiger partial charge in [0.05, 0.1) is 5.71 Å². The van der Waals surface area contributed by atoms with Gasteiger partial charge < -0.3 is 5.21 Å². The van der Waals surface area contributed by atoms with Crippen LogP contribution in [0.1, 0.15) is 44.9 Å². The predicted molar refractivity (Wildman–Crippen MR) is 63.9 cm³/mol. The third-order valence-electron chi connectivity index (χ3n) is 4.87. The number of likely N-dealkylation sites (tertiary alicyclic amines) is 1. The maximum absolute atomic E-state index is 9.16. The largest absolute Gasteiger partial charge is 0.411 e. The summed E-state index contributed by atoms with van der Waals surface area (Å²) in [5.74, 6) is 1.18. The van der Waals surface area contributed by atoms with Gasteiger partial charge in [0.1, 0.15) is 0 Å². The molecule has 3 nitrogen and oxygen atoms in total. The minimum absolute atomic E-state index is 0.571. The summed E-state index contributed by atoms with van der Waals surface area (Å²) >= 11 is 0. The molecule has 3 aliphatic rings. The van der Waals surface area contributed by atoms with Crippen LogP contribution < -0.4 is 0 Å². The van der Waals surface area contributed by atoms with Crippen molar-refractivity contribution in [3.8, 4) is 0 Å². The Morgan fingerprint density at radius 1 is 1.00 bits per heavy atom. The van der Waals surface area contributed by atoms with Gasteiger partial charge in [0, 0.05) is 17.9 Å². The summed E-state index contributed by atoms with van der Waals surface area (Å²) in [7, 11) is 0. The van der Waals surface area contributed by atoms with E-state index in [0.29, 0.717) is 17.9 Å². The maximum Gasteiger partial charge on any atom is 0.0648 e. The second kappa shape index (κ2) is 4.36. The van der Waals surface area contributed by atoms with E-state index in [1.165, 1.54) is 58.0 Å². The van der Waals surface area contributed by atoms with Gasteiger partial charge in [-0.1, -0.05) is 11.6 Å². The molecule has 0 spiro atoms. The molecule has 2 saturated carbocycles. The lowest BCUT2D eigenvalue weighted by Crippen LogP contribution is -2.47. The number of oxime groups is 1. The molecule has 3 atom stereocenters. The van der Waals surface area contributed by atoms with E-state index in [-0.39, 0.29) is 0 Å². The highest BCUT2D eigenvalue weighted by Crippen LogP contribution is 2.42. The Morgan fingerprint density at radius 3 is 2.50 bits per heavy atom. The van der Waals surface area contributed by atoms with Crippen molar-refractivity contribution in [2.75, 3.05) is 13.1 Å². The first-order chi connectivity index (χ1) is 7.90. The molecular formula is C13H22N2O. The third kappa shape index (κ3) is 1.65. The van der Waals surface area contributed by atoms with Gasteiger partial charge in [-0.25, -0.2) is 0 Å². The zero-order valence-corrected chi connectivity index (χ0v) is 9.94. The summed E-state index contributed by atoms with van der Waals surface area (Å²) in [5.41, 5.74) is 1.13. The first-order valence-electron chi connectivity index (χ1n) is 6.86. The summed E-state index contributed by atoms with van der Waals surface area (Å²) in [6.45, 7) is 2.54. The molecule has 0 amide bonds. The van der Waals surface area contributed by atoms with Gasteiger partial charge in [0.15, 0.2) is 0 Å². The zero-order valence-electron chi connectivity index (χ0n) is 9.94. The standard InChI is InChI=1S/C13H22N2O/c16-14-13-10-4-6-11(13)12(7-5-10)15-8-2-1-3-9-15/h10-12,16H,1-9H2/t10-,11+,12+/m1/s1. The molecule has 0 unspecified atom stereocenters. The molecule has 90 valence electrons. The number of rotatable bonds is 1. The predicted octanol–water partition coefficient (Wildman–Crippen LogP) is 2.49. The zero-order chi connectivity index (χ0) is 11.0. The molecule has 3 rings (SSSR count). The molecule has 0 aromatic rings. The molecule has 0 aromatic carbocycles. The molecular weight excluding hydrogens is 200 g/mol. The number of piperidine rings is 1. The lowest BCUT2D eigenvalue weighted by molar-refractivity contribution is 0.123. The highest BCUT2D eigenvalue weighted by molar-refractivity contribution is 5.91. The van der Waals surface area contributed by atoms with Crippen molar-refractivity contribution in [2.45, 2.75) is 51.0 Å². The summed E-state index contributed by atoms with van der Waals surface area (Å²) in [6, 6.07) is 0.685. The summed E-state index contributed by atoms with van der Waals surface area (Å²) in [5, 5.41) is 12.8. The Hall–Kier alpha value is -0.570. The Kier molecular flexibility index (Phi) is 2.88. The second-order valence-electron chi connectivity index (χ2n) is 5.65. The first-order valence-corrected chi connectivity index (χ1v) is 6.86. The van der Waals surface area contributed by atoms with E-state index >= 15 is 0 Å². The maximum atomic E-state index is 9.16. The molecule has 0 radical (unpaired) electrons. The summed E-state index contributed by atoms with van der Waals surface area (Å²) in [6.07, 6.45) is 9.21. The molecule has 1 heterocycles. The molecule has 0 aromatic heterocycles. The molecule has 3 fully saturated rings. The summed E-state index contributed by atoms with van der Waals surface area (Å²) < 4.78 is 0. The van der Waals surface area contributed by atoms with Crippen molar-refractivity contribution in [2.24, 2.45) is 17.0 Å². The Balaban J connectivity index is 1.75. The van der Waals surface area contributed by atoms with E-state index in [1.54, 1.807) is 0 Å². The van der Waals surface area contributed by atoms with E-state index in [4.69, 9.17) is 5.21 Å². The molecule has 2 aliphatic carbocycles. The third-order valence-corrected chi connectivity index (χ3v) is 4.87. The fraction of sp³-hybridized carbons (Fsp3) is 0.923. The van der Waals surface area contributed by atoms with Crippen LogP contribution in [0.25, 0.3) is 0 Å². The topological polar surface area (TPSA) is 35.8 Å². The Bertz CT molecular complexity index is 284. The van der Waals surface area contributed by atoms with Crippen LogP contribution in [-0.2, 0) is 0 Å². The minimum Gasteiger partial charge on any atom is -0.411 e. The van der Waals surface area contributed by atoms with Crippen LogP contribution in [0.3, 0.4) is 0 Å². The van der Waals surface area contributed by atoms with E-state index in [9.17, 15) is 0 Å². The van der Waals surface area contributed by atoms with Crippen LogP contribution in [0.4, 0.5) is 0 Å². The Labute approximate surface area is 97.5 Å². The van der Waals surface area contributed by atoms with Gasteiger partial charge in [0.2, 0.25) is 0 Å². The second-order valence-corrected chi connectivity index (χ2v) is 5.65. The SMILES string of the molecule is ON=C1[C@@H]2CC[C@H]1[C@@H](N1CCCCC1)CC2. The van der Waals surface area contributed by atoms with Crippen LogP contribution in [-0.4, -0.2) is 35.0 Å². The van der Waals surface area contributed by atoms with Gasteiger partial charge in [-0.15, -0.1) is 0 Å². The van der Waals surface area contributed by atoms with Crippen molar-refractivity contribution in [1.82, 2.24) is 4.90 Å². The van der Waals surface area contributed by atoms with Gasteiger partial charge in [-0.3, -0.25) is 4.90 Å². The normalized spacial score (nSPS) is 42.8. The molecule has 16 heavy (non-hydrogen) atoms. The first kappa shape index (κ1) is 10.6. The smallest absolute Gasteiger partial charge is 0.0648 e. The van der Waals surface area contributed by atoms with Crippen molar-refractivity contribution in [3.63, 3.8) is 0 Å². The fourth-order valence-electron chi connectivity index (χ4n) is 4.08. The lowest BCUT2D eigenvalue weighted by Gasteiger charge is -2.40. The quantitative estimate of drug-likeness (QED) is 0.546. The van der Waals surface area contributed by atoms with Gasteiger partial charge >= 0.3 is 0 Å². The highest BCUT2D eigenvalue weighted by Gasteiger charge is 2.44. The number of nitrogens with zero attached hydrogens (tertiary/aromatic N) is 2. The van der Waals surface area contributed by atoms with E-state index in [1.807, 2.05) is 0 Å². The molecule has 1 aliphatic heterocycles. The minimum atomic E-state index is 0.571. The molecule has 3 heteroatoms. The van der Waals surface area contributed by atoms with Gasteiger partial charge in [-0.2, -0.15) is 0 Å². The van der Waals surface area contributed by atoms with Crippen LogP contribution in [0.2, 0.25) is 0 Å². The number of fused-ring (bicyclic) bond motifs is 2. The van der Waals surface area contributed by atoms with E-state index in [0.717, 1.165) is 5.71 Å². The number of hydrogen-bond acceptors (Lipinski definition) is 3. The fourth-order valence-corrected chi connectivity index (χ4v) is 4.08. The van der Waals surface area contributed by atoms with Gasteiger partial charge in [0.25, 0.3) is 0 Å². The molecule has 2 bridgehead atoms. The van der Waals surface area contributed by atoms with Crippen LogP contribution >= 0.6 is 0 Å². The lowest BCUT2D eigenvalue weighted by atomic mass is 9.81. The average Bonchev–Trinajstić information content (AvgIpc) is 2.63. The van der Waals surface area contributed by atoms with E-state index in [2.05, 4.69) is 10.1 Å². The summed E-state index contributed by atoms with van der Waals surface area (Å²) in [4.78, 5) is 2.67. The average molecular weight is 222 g/mol. The van der Waals surface area contributed by atoms with E-state index < -0.39 is 0 Å². The highest BCUT2D eigenvalue weighted by atomic mass is 16.4.